The molecule has 1 aromatic carbocycles. The number of halogens is 1. The number of hydrogen-bond donors (Lipinski definition) is 2. The molecule has 0 unspecified atom stereocenters. The van der Waals surface area contributed by atoms with Crippen LogP contribution in [0.1, 0.15) is 23.7 Å². The van der Waals surface area contributed by atoms with Crippen LogP contribution in [-0.4, -0.2) is 56.7 Å². The van der Waals surface area contributed by atoms with Crippen molar-refractivity contribution >= 4 is 18.3 Å². The number of rotatable bonds is 7. The van der Waals surface area contributed by atoms with E-state index in [-0.39, 0.29) is 18.3 Å². The Morgan fingerprint density at radius 1 is 1.36 bits per heavy atom. The third-order valence-corrected chi connectivity index (χ3v) is 3.49. The van der Waals surface area contributed by atoms with Crippen LogP contribution in [0.3, 0.4) is 0 Å². The highest BCUT2D eigenvalue weighted by Gasteiger charge is 2.10. The number of ether oxygens (including phenoxy) is 1. The van der Waals surface area contributed by atoms with Crippen LogP contribution in [0.4, 0.5) is 0 Å². The minimum Gasteiger partial charge on any atom is -0.494 e. The van der Waals surface area contributed by atoms with E-state index in [4.69, 9.17) is 4.74 Å². The molecular weight excluding hydrogens is 302 g/mol. The predicted octanol–water partition coefficient (Wildman–Crippen LogP) is 1.53. The Labute approximate surface area is 138 Å². The molecule has 6 heteroatoms. The van der Waals surface area contributed by atoms with Crippen LogP contribution in [0.2, 0.25) is 0 Å². The Morgan fingerprint density at radius 2 is 2.14 bits per heavy atom. The van der Waals surface area contributed by atoms with Crippen molar-refractivity contribution in [3.63, 3.8) is 0 Å². The highest BCUT2D eigenvalue weighted by atomic mass is 35.5. The monoisotopic (exact) mass is 327 g/mol. The number of piperazine rings is 1. The van der Waals surface area contributed by atoms with Gasteiger partial charge >= 0.3 is 0 Å². The molecule has 1 heterocycles. The summed E-state index contributed by atoms with van der Waals surface area (Å²) in [5.74, 6) is 0.721. The molecule has 0 aliphatic carbocycles. The van der Waals surface area contributed by atoms with Crippen molar-refractivity contribution in [1.29, 1.82) is 0 Å². The number of amides is 1. The summed E-state index contributed by atoms with van der Waals surface area (Å²) in [4.78, 5) is 14.5. The van der Waals surface area contributed by atoms with Crippen LogP contribution in [0.15, 0.2) is 24.3 Å². The minimum absolute atomic E-state index is 0. The topological polar surface area (TPSA) is 53.6 Å². The van der Waals surface area contributed by atoms with E-state index in [1.807, 2.05) is 18.2 Å². The summed E-state index contributed by atoms with van der Waals surface area (Å²) in [6.45, 7) is 8.49. The molecule has 0 saturated carbocycles. The van der Waals surface area contributed by atoms with Gasteiger partial charge < -0.3 is 15.4 Å². The highest BCUT2D eigenvalue weighted by Crippen LogP contribution is 2.13. The van der Waals surface area contributed by atoms with E-state index in [0.29, 0.717) is 18.7 Å². The Bertz CT molecular complexity index is 451. The van der Waals surface area contributed by atoms with Crippen LogP contribution in [0, 0.1) is 0 Å². The third kappa shape index (κ3) is 6.22. The molecule has 1 fully saturated rings. The van der Waals surface area contributed by atoms with Crippen LogP contribution in [0.5, 0.6) is 5.75 Å². The number of carbonyl (C=O) groups is 1. The van der Waals surface area contributed by atoms with E-state index >= 15 is 0 Å². The molecule has 0 atom stereocenters. The lowest BCUT2D eigenvalue weighted by Crippen LogP contribution is -2.46. The first kappa shape index (κ1) is 18.7. The van der Waals surface area contributed by atoms with Gasteiger partial charge in [0.2, 0.25) is 0 Å². The number of benzene rings is 1. The van der Waals surface area contributed by atoms with Crippen molar-refractivity contribution in [2.45, 2.75) is 13.3 Å². The van der Waals surface area contributed by atoms with E-state index in [2.05, 4.69) is 22.5 Å². The summed E-state index contributed by atoms with van der Waals surface area (Å²) in [5, 5.41) is 6.29. The fourth-order valence-electron chi connectivity index (χ4n) is 2.31. The Morgan fingerprint density at radius 3 is 2.86 bits per heavy atom. The maximum atomic E-state index is 12.1. The van der Waals surface area contributed by atoms with Gasteiger partial charge in [0.15, 0.2) is 0 Å². The van der Waals surface area contributed by atoms with Gasteiger partial charge in [0.25, 0.3) is 5.91 Å². The Balaban J connectivity index is 0.00000242. The molecule has 1 aromatic rings. The second kappa shape index (κ2) is 10.4. The molecule has 0 aromatic heterocycles. The minimum atomic E-state index is -0.0351. The molecule has 0 spiro atoms. The van der Waals surface area contributed by atoms with Crippen molar-refractivity contribution < 1.29 is 9.53 Å². The van der Waals surface area contributed by atoms with Crippen molar-refractivity contribution in [2.75, 3.05) is 45.9 Å². The van der Waals surface area contributed by atoms with Gasteiger partial charge in [-0.05, 0) is 24.6 Å². The standard InChI is InChI=1S/C16H25N3O2.ClH/c1-2-12-21-15-5-3-4-14(13-15)16(20)18-8-11-19-9-6-17-7-10-19;/h3-5,13,17H,2,6-12H2,1H3,(H,18,20);1H. The molecule has 1 aliphatic heterocycles. The normalized spacial score (nSPS) is 15.0. The summed E-state index contributed by atoms with van der Waals surface area (Å²) in [6.07, 6.45) is 0.959. The lowest BCUT2D eigenvalue weighted by Gasteiger charge is -2.27. The number of hydrogen-bond acceptors (Lipinski definition) is 4. The predicted molar refractivity (Wildman–Crippen MR) is 91.1 cm³/mol. The van der Waals surface area contributed by atoms with Crippen molar-refractivity contribution in [2.24, 2.45) is 0 Å². The van der Waals surface area contributed by atoms with Gasteiger partial charge in [-0.2, -0.15) is 0 Å². The van der Waals surface area contributed by atoms with Crippen LogP contribution < -0.4 is 15.4 Å². The molecule has 0 bridgehead atoms. The van der Waals surface area contributed by atoms with Gasteiger partial charge in [0.1, 0.15) is 5.75 Å². The summed E-state index contributed by atoms with van der Waals surface area (Å²) in [6, 6.07) is 7.36. The van der Waals surface area contributed by atoms with Gasteiger partial charge in [0.05, 0.1) is 6.61 Å². The zero-order valence-electron chi connectivity index (χ0n) is 13.1. The number of carbonyl (C=O) groups excluding carboxylic acids is 1. The van der Waals surface area contributed by atoms with Gasteiger partial charge in [-0.3, -0.25) is 9.69 Å². The molecule has 1 aliphatic rings. The van der Waals surface area contributed by atoms with Gasteiger partial charge in [0, 0.05) is 44.8 Å². The first-order valence-corrected chi connectivity index (χ1v) is 7.73. The molecule has 2 N–H and O–H groups in total. The van der Waals surface area contributed by atoms with Crippen molar-refractivity contribution in [3.8, 4) is 5.75 Å². The summed E-state index contributed by atoms with van der Waals surface area (Å²) in [7, 11) is 0. The first-order valence-electron chi connectivity index (χ1n) is 7.73. The maximum Gasteiger partial charge on any atom is 0.251 e. The second-order valence-electron chi connectivity index (χ2n) is 5.22. The first-order chi connectivity index (χ1) is 10.3. The fourth-order valence-corrected chi connectivity index (χ4v) is 2.31. The van der Waals surface area contributed by atoms with E-state index < -0.39 is 0 Å². The Kier molecular flexibility index (Phi) is 8.89. The molecular formula is C16H26ClN3O2. The van der Waals surface area contributed by atoms with Crippen molar-refractivity contribution in [3.05, 3.63) is 29.8 Å². The lowest BCUT2D eigenvalue weighted by molar-refractivity contribution is 0.0947. The van der Waals surface area contributed by atoms with Gasteiger partial charge in [-0.1, -0.05) is 13.0 Å². The molecule has 22 heavy (non-hydrogen) atoms. The summed E-state index contributed by atoms with van der Waals surface area (Å²) >= 11 is 0. The SMILES string of the molecule is CCCOc1cccc(C(=O)NCCN2CCNCC2)c1.Cl. The Hall–Kier alpha value is -1.30. The van der Waals surface area contributed by atoms with Crippen LogP contribution >= 0.6 is 12.4 Å². The molecule has 2 rings (SSSR count). The molecule has 124 valence electrons. The highest BCUT2D eigenvalue weighted by molar-refractivity contribution is 5.94. The number of nitrogens with one attached hydrogen (secondary N) is 2. The number of nitrogens with zero attached hydrogens (tertiary/aromatic N) is 1. The molecule has 0 radical (unpaired) electrons. The van der Waals surface area contributed by atoms with Crippen LogP contribution in [0.25, 0.3) is 0 Å². The second-order valence-corrected chi connectivity index (χ2v) is 5.22. The van der Waals surface area contributed by atoms with Gasteiger partial charge in [-0.15, -0.1) is 12.4 Å². The van der Waals surface area contributed by atoms with E-state index in [9.17, 15) is 4.79 Å². The van der Waals surface area contributed by atoms with Gasteiger partial charge in [-0.25, -0.2) is 0 Å². The molecule has 1 amide bonds. The summed E-state index contributed by atoms with van der Waals surface area (Å²) in [5.41, 5.74) is 0.656. The smallest absolute Gasteiger partial charge is 0.251 e. The average molecular weight is 328 g/mol. The van der Waals surface area contributed by atoms with Crippen molar-refractivity contribution in [1.82, 2.24) is 15.5 Å². The van der Waals surface area contributed by atoms with E-state index in [1.54, 1.807) is 6.07 Å². The zero-order chi connectivity index (χ0) is 14.9. The largest absolute Gasteiger partial charge is 0.494 e. The zero-order valence-corrected chi connectivity index (χ0v) is 14.0. The quantitative estimate of drug-likeness (QED) is 0.797. The van der Waals surface area contributed by atoms with E-state index in [1.165, 1.54) is 0 Å². The third-order valence-electron chi connectivity index (χ3n) is 3.49. The fraction of sp³-hybridized carbons (Fsp3) is 0.562. The van der Waals surface area contributed by atoms with E-state index in [0.717, 1.165) is 44.9 Å². The van der Waals surface area contributed by atoms with Crippen LogP contribution in [-0.2, 0) is 0 Å². The molecule has 1 saturated heterocycles. The average Bonchev–Trinajstić information content (AvgIpc) is 2.54. The lowest BCUT2D eigenvalue weighted by atomic mass is 10.2. The maximum absolute atomic E-state index is 12.1. The molecule has 5 nitrogen and oxygen atoms in total. The summed E-state index contributed by atoms with van der Waals surface area (Å²) < 4.78 is 5.55.